The van der Waals surface area contributed by atoms with Crippen LogP contribution in [-0.4, -0.2) is 114 Å². The number of hydrogen-bond acceptors (Lipinski definition) is 12. The maximum atomic E-state index is 14.0. The highest BCUT2D eigenvalue weighted by atomic mass is 19.4. The SMILES string of the molecule is C.C#Cc1ccc(CNC2CC3CCCC3(C(=O)N3CCc4ncc(C(F)(F)F)cc4C3)C2)cc1.Cc1ccc(CNC2CC3CCCC3(C(=O)N3CCc4ncc(C(F)(F)F)cc4C3)C2)cc1.O=C(N1CCc2ncc(C(F)(F)F)cc2C1)C12CCCC1CC(NC1CCc3ccccc31)C2.O=C(N1CCc2ncc(C(F)(F)F)cc2C1)C12CCCC1CC(NCc1ccccc1F)C2. The van der Waals surface area contributed by atoms with Crippen molar-refractivity contribution in [3.8, 4) is 12.3 Å². The van der Waals surface area contributed by atoms with Gasteiger partial charge >= 0.3 is 24.7 Å². The quantitative estimate of drug-likeness (QED) is 0.0564. The summed E-state index contributed by atoms with van der Waals surface area (Å²) in [6, 6.07) is 37.6. The van der Waals surface area contributed by atoms with E-state index in [0.717, 1.165) is 196 Å². The van der Waals surface area contributed by atoms with E-state index in [1.807, 2.05) is 35.2 Å². The van der Waals surface area contributed by atoms with Crippen molar-refractivity contribution in [1.29, 1.82) is 0 Å². The Morgan fingerprint density at radius 2 is 0.733 bits per heavy atom. The van der Waals surface area contributed by atoms with Gasteiger partial charge in [0.1, 0.15) is 5.82 Å². The van der Waals surface area contributed by atoms with Gasteiger partial charge in [-0.1, -0.05) is 123 Å². The van der Waals surface area contributed by atoms with E-state index in [0.29, 0.717) is 145 Å². The van der Waals surface area contributed by atoms with E-state index in [1.54, 1.807) is 26.8 Å². The monoisotopic (exact) mass is 1870 g/mol. The van der Waals surface area contributed by atoms with E-state index >= 15 is 0 Å². The summed E-state index contributed by atoms with van der Waals surface area (Å²) in [6.45, 7) is 6.87. The molecule has 4 aromatic carbocycles. The van der Waals surface area contributed by atoms with Gasteiger partial charge in [0.25, 0.3) is 0 Å². The van der Waals surface area contributed by atoms with Gasteiger partial charge < -0.3 is 40.9 Å². The van der Waals surface area contributed by atoms with Crippen LogP contribution in [0.3, 0.4) is 0 Å². The first-order chi connectivity index (χ1) is 64.1. The topological polar surface area (TPSA) is 181 Å². The highest BCUT2D eigenvalue weighted by Crippen LogP contribution is 2.60. The van der Waals surface area contributed by atoms with Gasteiger partial charge in [-0.25, -0.2) is 4.39 Å². The Kier molecular flexibility index (Phi) is 27.9. The van der Waals surface area contributed by atoms with E-state index in [4.69, 9.17) is 6.42 Å². The van der Waals surface area contributed by atoms with Crippen molar-refractivity contribution < 1.29 is 76.3 Å². The van der Waals surface area contributed by atoms with Crippen LogP contribution in [0.25, 0.3) is 0 Å². The number of alkyl halides is 12. The third-order valence-electron chi connectivity index (χ3n) is 32.4. The number of nitrogens with one attached hydrogen (secondary N) is 4. The van der Waals surface area contributed by atoms with Crippen molar-refractivity contribution in [2.75, 3.05) is 26.2 Å². The Balaban J connectivity index is 0.000000125. The number of pyridine rings is 4. The van der Waals surface area contributed by atoms with Crippen LogP contribution in [0, 0.1) is 70.4 Å². The molecule has 4 N–H and O–H groups in total. The van der Waals surface area contributed by atoms with Gasteiger partial charge in [-0.2, -0.15) is 52.7 Å². The fourth-order valence-electron chi connectivity index (χ4n) is 25.7. The third-order valence-corrected chi connectivity index (χ3v) is 32.4. The van der Waals surface area contributed by atoms with Crippen molar-refractivity contribution >= 4 is 23.6 Å². The normalized spacial score (nSPS) is 27.3. The predicted molar refractivity (Wildman–Crippen MR) is 484 cm³/mol. The Bertz CT molecular complexity index is 5710. The van der Waals surface area contributed by atoms with Gasteiger partial charge in [0.05, 0.1) is 43.9 Å². The second-order valence-electron chi connectivity index (χ2n) is 40.3. The molecule has 0 radical (unpaired) electrons. The van der Waals surface area contributed by atoms with Crippen LogP contribution in [-0.2, 0) is 122 Å². The molecule has 8 heterocycles. The van der Waals surface area contributed by atoms with Crippen molar-refractivity contribution in [2.45, 2.75) is 282 Å². The number of hydrogen-bond donors (Lipinski definition) is 4. The number of benzene rings is 4. The summed E-state index contributed by atoms with van der Waals surface area (Å²) >= 11 is 0. The maximum absolute atomic E-state index is 14.0. The van der Waals surface area contributed by atoms with Crippen LogP contribution in [0.1, 0.15) is 255 Å². The van der Waals surface area contributed by atoms with Crippen molar-refractivity contribution in [2.24, 2.45) is 45.3 Å². The average Bonchev–Trinajstić information content (AvgIpc) is 1.61. The molecule has 13 atom stereocenters. The van der Waals surface area contributed by atoms with E-state index in [1.165, 1.54) is 40.5 Å². The molecule has 8 fully saturated rings. The fraction of sp³-hybridized carbons (Fsp3) is 0.528. The lowest BCUT2D eigenvalue weighted by Gasteiger charge is -2.37. The number of aromatic nitrogens is 4. The van der Waals surface area contributed by atoms with Crippen LogP contribution < -0.4 is 21.3 Å². The number of nitrogens with zero attached hydrogens (tertiary/aromatic N) is 8. The molecule has 9 aliphatic carbocycles. The zero-order valence-electron chi connectivity index (χ0n) is 75.4. The summed E-state index contributed by atoms with van der Waals surface area (Å²) in [5.74, 6) is 4.11. The number of carbonyl (C=O) groups is 4. The maximum Gasteiger partial charge on any atom is 0.417 e. The van der Waals surface area contributed by atoms with Crippen LogP contribution >= 0.6 is 0 Å². The molecule has 718 valence electrons. The first-order valence-corrected chi connectivity index (χ1v) is 47.9. The first-order valence-electron chi connectivity index (χ1n) is 47.9. The molecule has 29 heteroatoms. The largest absolute Gasteiger partial charge is 0.417 e. The molecular weight excluding hydrogens is 1750 g/mol. The zero-order valence-corrected chi connectivity index (χ0v) is 75.4. The molecule has 4 aromatic heterocycles. The number of terminal acetylenes is 1. The lowest BCUT2D eigenvalue weighted by Crippen LogP contribution is -2.47. The van der Waals surface area contributed by atoms with Gasteiger partial charge in [0.15, 0.2) is 0 Å². The summed E-state index contributed by atoms with van der Waals surface area (Å²) in [5.41, 5.74) is 8.00. The molecule has 135 heavy (non-hydrogen) atoms. The molecule has 8 aromatic rings. The Morgan fingerprint density at radius 1 is 0.407 bits per heavy atom. The van der Waals surface area contributed by atoms with E-state index < -0.39 is 57.8 Å². The summed E-state index contributed by atoms with van der Waals surface area (Å²) in [7, 11) is 0. The number of aryl methyl sites for hydroxylation is 2. The molecule has 8 saturated carbocycles. The predicted octanol–water partition coefficient (Wildman–Crippen LogP) is 20.4. The highest BCUT2D eigenvalue weighted by molar-refractivity contribution is 5.86. The summed E-state index contributed by atoms with van der Waals surface area (Å²) in [4.78, 5) is 78.6. The lowest BCUT2D eigenvalue weighted by molar-refractivity contribution is -0.145. The van der Waals surface area contributed by atoms with Crippen LogP contribution in [0.4, 0.5) is 57.1 Å². The number of amides is 4. The molecule has 13 aliphatic rings. The Labute approximate surface area is 780 Å². The molecule has 16 nitrogen and oxygen atoms in total. The van der Waals surface area contributed by atoms with Gasteiger partial charge in [-0.15, -0.1) is 6.42 Å². The summed E-state index contributed by atoms with van der Waals surface area (Å²) < 4.78 is 172. The summed E-state index contributed by atoms with van der Waals surface area (Å²) in [5, 5.41) is 14.6. The molecule has 0 bridgehead atoms. The van der Waals surface area contributed by atoms with Crippen molar-refractivity contribution in [3.63, 3.8) is 0 Å². The molecule has 4 amide bonds. The number of fused-ring (bicyclic) bond motifs is 9. The van der Waals surface area contributed by atoms with Crippen molar-refractivity contribution in [1.82, 2.24) is 60.8 Å². The fourth-order valence-corrected chi connectivity index (χ4v) is 25.7. The third kappa shape index (κ3) is 20.2. The van der Waals surface area contributed by atoms with Crippen LogP contribution in [0.2, 0.25) is 0 Å². The molecule has 0 spiro atoms. The summed E-state index contributed by atoms with van der Waals surface area (Å²) in [6.07, 6.45) is 14.1. The Morgan fingerprint density at radius 3 is 1.09 bits per heavy atom. The molecular formula is C106H119F13N12O4. The van der Waals surface area contributed by atoms with Crippen molar-refractivity contribution in [3.05, 3.63) is 258 Å². The van der Waals surface area contributed by atoms with E-state index in [9.17, 15) is 76.3 Å². The van der Waals surface area contributed by atoms with Gasteiger partial charge in [-0.3, -0.25) is 39.1 Å². The van der Waals surface area contributed by atoms with Gasteiger partial charge in [0, 0.05) is 187 Å². The molecule has 4 aliphatic heterocycles. The first kappa shape index (κ1) is 96.5. The smallest absolute Gasteiger partial charge is 0.337 e. The molecule has 21 rings (SSSR count). The second kappa shape index (κ2) is 39.0. The minimum atomic E-state index is -4.45. The second-order valence-corrected chi connectivity index (χ2v) is 40.3. The van der Waals surface area contributed by atoms with Crippen LogP contribution in [0.5, 0.6) is 0 Å². The average molecular weight is 1870 g/mol. The van der Waals surface area contributed by atoms with Gasteiger partial charge in [0.2, 0.25) is 23.6 Å². The minimum absolute atomic E-state index is 0. The van der Waals surface area contributed by atoms with Crippen LogP contribution in [0.15, 0.2) is 146 Å². The number of rotatable bonds is 15. The zero-order chi connectivity index (χ0) is 93.9. The van der Waals surface area contributed by atoms with Gasteiger partial charge in [-0.05, 0) is 233 Å². The number of halogens is 13. The molecule has 0 saturated heterocycles. The minimum Gasteiger partial charge on any atom is -0.337 e. The highest BCUT2D eigenvalue weighted by Gasteiger charge is 2.61. The van der Waals surface area contributed by atoms with E-state index in [-0.39, 0.29) is 97.9 Å². The Hall–Kier alpha value is -10.2. The molecule has 13 unspecified atom stereocenters. The lowest BCUT2D eigenvalue weighted by atomic mass is 9.78. The standard InChI is InChI=1S/C27H30F3N3O.C27H28F3N3O.C26H30F3N3O.C25H27F4N3O.CH4/c28-27(29,30)20-12-18-16-33(11-9-23(18)31-15-20)25(34)26-10-3-5-19(26)13-21(14-26)32-24-8-7-17-4-1-2-6-22(17)24;1-2-18-5-7-19(8-6-18)15-31-23-13-21-4-3-10-26(21,14-23)25(34)33-11-9-24-20(17-33)12-22(16-32-24)27(28,29)30;1-17-4-6-18(7-5-17)14-30-22-12-20-3-2-9-25(20,13-22)24(33)32-10-8-23-19(16-32)11-21(15-31-23)26(27,28)29;26-21-6-2-1-4-16(21)13-30-20-11-18-5-3-8-24(18,12-20)23(33)32-9-7-22-17(15-32)10-19(14-31-22)25(27,28)29;/h1-2,4,6,12,15,19,21,24,32H,3,5,7-11,13-14,16H2;1,5-8,12,16,21,23,31H,3-4,9-11,13-15,17H2;4-7,11,15,20,22,30H,2-3,8-10,12-14,16H2,1H3;1-2,4,6,10,14,18,20,30H,3,5,7-9,11-13,15H2;1H4. The van der Waals surface area contributed by atoms with E-state index in [2.05, 4.69) is 103 Å². The number of carbonyl (C=O) groups excluding carboxylic acids is 4.